The molecule has 120 valence electrons. The van der Waals surface area contributed by atoms with Crippen LogP contribution in [0.25, 0.3) is 0 Å². The average Bonchev–Trinajstić information content (AvgIpc) is 3.08. The van der Waals surface area contributed by atoms with Crippen LogP contribution in [-0.4, -0.2) is 31.4 Å². The molecule has 0 bridgehead atoms. The Morgan fingerprint density at radius 3 is 2.70 bits per heavy atom. The van der Waals surface area contributed by atoms with Gasteiger partial charge < -0.3 is 15.4 Å². The maximum Gasteiger partial charge on any atom is 0.337 e. The van der Waals surface area contributed by atoms with Crippen molar-refractivity contribution in [3.63, 3.8) is 0 Å². The number of anilines is 1. The summed E-state index contributed by atoms with van der Waals surface area (Å²) in [6.07, 6.45) is 0. The lowest BCUT2D eigenvalue weighted by atomic mass is 10.2. The summed E-state index contributed by atoms with van der Waals surface area (Å²) in [6, 6.07) is 7.79. The van der Waals surface area contributed by atoms with E-state index in [0.29, 0.717) is 4.88 Å². The number of thiophene rings is 1. The predicted molar refractivity (Wildman–Crippen MR) is 88.1 cm³/mol. The molecule has 0 aliphatic rings. The van der Waals surface area contributed by atoms with E-state index in [1.807, 2.05) is 0 Å². The molecule has 0 saturated heterocycles. The van der Waals surface area contributed by atoms with Gasteiger partial charge in [-0.2, -0.15) is 0 Å². The Morgan fingerprint density at radius 2 is 2.04 bits per heavy atom. The van der Waals surface area contributed by atoms with Crippen LogP contribution in [0, 0.1) is 0 Å². The molecule has 1 heterocycles. The van der Waals surface area contributed by atoms with Crippen LogP contribution in [-0.2, 0) is 9.53 Å². The Bertz CT molecular complexity index is 731. The minimum absolute atomic E-state index is 0.213. The number of amides is 2. The lowest BCUT2D eigenvalue weighted by Crippen LogP contribution is -2.32. The van der Waals surface area contributed by atoms with E-state index in [4.69, 9.17) is 11.6 Å². The number of esters is 1. The van der Waals surface area contributed by atoms with Crippen LogP contribution in [0.1, 0.15) is 20.0 Å². The minimum Gasteiger partial charge on any atom is -0.465 e. The molecule has 6 nitrogen and oxygen atoms in total. The van der Waals surface area contributed by atoms with Crippen LogP contribution in [0.5, 0.6) is 0 Å². The number of hydrogen-bond acceptors (Lipinski definition) is 5. The number of ether oxygens (including phenoxy) is 1. The molecule has 0 saturated carbocycles. The van der Waals surface area contributed by atoms with E-state index in [1.54, 1.807) is 17.5 Å². The van der Waals surface area contributed by atoms with Gasteiger partial charge in [0.2, 0.25) is 5.91 Å². The van der Waals surface area contributed by atoms with Crippen LogP contribution >= 0.6 is 22.9 Å². The zero-order chi connectivity index (χ0) is 16.8. The molecule has 1 aromatic carbocycles. The molecule has 0 aliphatic heterocycles. The third-order valence-electron chi connectivity index (χ3n) is 2.82. The predicted octanol–water partition coefficient (Wildman–Crippen LogP) is 2.56. The van der Waals surface area contributed by atoms with E-state index in [9.17, 15) is 14.4 Å². The van der Waals surface area contributed by atoms with Gasteiger partial charge >= 0.3 is 5.97 Å². The van der Waals surface area contributed by atoms with Crippen molar-refractivity contribution < 1.29 is 19.1 Å². The number of methoxy groups -OCH3 is 1. The first-order chi connectivity index (χ1) is 11.0. The molecule has 8 heteroatoms. The van der Waals surface area contributed by atoms with Gasteiger partial charge in [-0.1, -0.05) is 17.7 Å². The minimum atomic E-state index is -0.539. The highest BCUT2D eigenvalue weighted by Gasteiger charge is 2.13. The Balaban J connectivity index is 1.97. The first-order valence-corrected chi connectivity index (χ1v) is 7.76. The molecule has 2 amide bonds. The van der Waals surface area contributed by atoms with Gasteiger partial charge in [0.05, 0.1) is 34.8 Å². The second-order valence-corrected chi connectivity index (χ2v) is 5.75. The van der Waals surface area contributed by atoms with Crippen LogP contribution in [0.2, 0.25) is 5.02 Å². The number of nitrogens with one attached hydrogen (secondary N) is 2. The number of hydrogen-bond donors (Lipinski definition) is 2. The third-order valence-corrected chi connectivity index (χ3v) is 4.01. The second kappa shape index (κ2) is 7.75. The summed E-state index contributed by atoms with van der Waals surface area (Å²) in [5.74, 6) is -1.33. The summed E-state index contributed by atoms with van der Waals surface area (Å²) in [5, 5.41) is 7.08. The van der Waals surface area contributed by atoms with Gasteiger partial charge in [0.15, 0.2) is 0 Å². The molecule has 23 heavy (non-hydrogen) atoms. The van der Waals surface area contributed by atoms with E-state index < -0.39 is 11.9 Å². The monoisotopic (exact) mass is 352 g/mol. The average molecular weight is 353 g/mol. The standard InChI is InChI=1S/C15H13ClN2O4S/c1-22-15(21)9-4-5-10(16)11(7-9)18-13(19)8-17-14(20)12-3-2-6-23-12/h2-7H,8H2,1H3,(H,17,20)(H,18,19). The topological polar surface area (TPSA) is 84.5 Å². The molecule has 2 N–H and O–H groups in total. The fourth-order valence-corrected chi connectivity index (χ4v) is 2.52. The highest BCUT2D eigenvalue weighted by molar-refractivity contribution is 7.12. The Morgan fingerprint density at radius 1 is 1.26 bits per heavy atom. The summed E-state index contributed by atoms with van der Waals surface area (Å²) >= 11 is 7.26. The molecular weight excluding hydrogens is 340 g/mol. The number of halogens is 1. The SMILES string of the molecule is COC(=O)c1ccc(Cl)c(NC(=O)CNC(=O)c2cccs2)c1. The fraction of sp³-hybridized carbons (Fsp3) is 0.133. The molecule has 0 atom stereocenters. The molecule has 2 aromatic rings. The van der Waals surface area contributed by atoms with Crippen LogP contribution in [0.15, 0.2) is 35.7 Å². The lowest BCUT2D eigenvalue weighted by molar-refractivity contribution is -0.115. The van der Waals surface area contributed by atoms with E-state index >= 15 is 0 Å². The van der Waals surface area contributed by atoms with Crippen molar-refractivity contribution in [2.24, 2.45) is 0 Å². The summed E-state index contributed by atoms with van der Waals surface area (Å²) < 4.78 is 4.61. The van der Waals surface area contributed by atoms with Crippen molar-refractivity contribution in [3.8, 4) is 0 Å². The van der Waals surface area contributed by atoms with Crippen LogP contribution in [0.4, 0.5) is 5.69 Å². The van der Waals surface area contributed by atoms with Gasteiger partial charge in [-0.15, -0.1) is 11.3 Å². The van der Waals surface area contributed by atoms with Crippen molar-refractivity contribution in [1.29, 1.82) is 0 Å². The van der Waals surface area contributed by atoms with Gasteiger partial charge in [0.1, 0.15) is 0 Å². The van der Waals surface area contributed by atoms with Gasteiger partial charge in [-0.05, 0) is 29.6 Å². The number of carbonyl (C=O) groups is 3. The Labute approximate surface area is 141 Å². The molecule has 0 fully saturated rings. The highest BCUT2D eigenvalue weighted by Crippen LogP contribution is 2.23. The number of rotatable bonds is 5. The molecule has 0 spiro atoms. The summed E-state index contributed by atoms with van der Waals surface area (Å²) in [7, 11) is 1.26. The smallest absolute Gasteiger partial charge is 0.337 e. The Hall–Kier alpha value is -2.38. The first kappa shape index (κ1) is 17.0. The normalized spacial score (nSPS) is 10.0. The summed E-state index contributed by atoms with van der Waals surface area (Å²) in [5.41, 5.74) is 0.528. The molecule has 0 aliphatic carbocycles. The fourth-order valence-electron chi connectivity index (χ4n) is 1.72. The van der Waals surface area contributed by atoms with E-state index in [0.717, 1.165) is 0 Å². The molecule has 1 aromatic heterocycles. The summed E-state index contributed by atoms with van der Waals surface area (Å²) in [4.78, 5) is 35.6. The Kier molecular flexibility index (Phi) is 5.72. The van der Waals surface area contributed by atoms with E-state index in [-0.39, 0.29) is 28.7 Å². The number of benzene rings is 1. The maximum atomic E-state index is 11.9. The zero-order valence-corrected chi connectivity index (χ0v) is 13.7. The molecule has 0 unspecified atom stereocenters. The molecule has 0 radical (unpaired) electrons. The molecular formula is C15H13ClN2O4S. The zero-order valence-electron chi connectivity index (χ0n) is 12.1. The lowest BCUT2D eigenvalue weighted by Gasteiger charge is -2.09. The van der Waals surface area contributed by atoms with Gasteiger partial charge in [-0.3, -0.25) is 9.59 Å². The van der Waals surface area contributed by atoms with Gasteiger partial charge in [0.25, 0.3) is 5.91 Å². The van der Waals surface area contributed by atoms with Crippen molar-refractivity contribution in [3.05, 3.63) is 51.2 Å². The maximum absolute atomic E-state index is 11.9. The largest absolute Gasteiger partial charge is 0.465 e. The highest BCUT2D eigenvalue weighted by atomic mass is 35.5. The van der Waals surface area contributed by atoms with Crippen molar-refractivity contribution in [2.45, 2.75) is 0 Å². The van der Waals surface area contributed by atoms with Crippen LogP contribution in [0.3, 0.4) is 0 Å². The van der Waals surface area contributed by atoms with Crippen molar-refractivity contribution in [1.82, 2.24) is 5.32 Å². The van der Waals surface area contributed by atoms with E-state index in [1.165, 1.54) is 36.6 Å². The third kappa shape index (κ3) is 4.54. The van der Waals surface area contributed by atoms with Gasteiger partial charge in [-0.25, -0.2) is 4.79 Å². The quantitative estimate of drug-likeness (QED) is 0.810. The second-order valence-electron chi connectivity index (χ2n) is 4.39. The first-order valence-electron chi connectivity index (χ1n) is 6.50. The van der Waals surface area contributed by atoms with Crippen molar-refractivity contribution >= 4 is 46.4 Å². The van der Waals surface area contributed by atoms with Crippen molar-refractivity contribution in [2.75, 3.05) is 19.0 Å². The van der Waals surface area contributed by atoms with E-state index in [2.05, 4.69) is 15.4 Å². The summed E-state index contributed by atoms with van der Waals surface area (Å²) in [6.45, 7) is -0.213. The van der Waals surface area contributed by atoms with Gasteiger partial charge in [0, 0.05) is 0 Å². The van der Waals surface area contributed by atoms with Crippen LogP contribution < -0.4 is 10.6 Å². The number of carbonyl (C=O) groups excluding carboxylic acids is 3. The molecule has 2 rings (SSSR count).